The van der Waals surface area contributed by atoms with Gasteiger partial charge in [0.2, 0.25) is 5.91 Å². The van der Waals surface area contributed by atoms with Crippen LogP contribution in [-0.2, 0) is 30.9 Å². The Hall–Kier alpha value is -4.35. The van der Waals surface area contributed by atoms with Gasteiger partial charge in [0.05, 0.1) is 11.2 Å². The summed E-state index contributed by atoms with van der Waals surface area (Å²) in [4.78, 5) is 31.4. The molecule has 4 aromatic rings. The normalized spacial score (nSPS) is 15.5. The Morgan fingerprint density at radius 2 is 1.81 bits per heavy atom. The third-order valence-corrected chi connectivity index (χ3v) is 7.99. The lowest BCUT2D eigenvalue weighted by molar-refractivity contribution is -0.120. The molecular weight excluding hydrogens is 583 g/mol. The molecule has 0 atom stereocenters. The number of imidazole rings is 1. The maximum Gasteiger partial charge on any atom is 0.329 e. The van der Waals surface area contributed by atoms with Gasteiger partial charge in [0.15, 0.2) is 0 Å². The molecular formula is C31H27ClF3N5O3. The van der Waals surface area contributed by atoms with Crippen molar-refractivity contribution in [3.8, 4) is 17.1 Å². The van der Waals surface area contributed by atoms with Crippen LogP contribution in [0.25, 0.3) is 11.4 Å². The molecule has 0 radical (unpaired) electrons. The average Bonchev–Trinajstić information content (AvgIpc) is 3.43. The van der Waals surface area contributed by atoms with E-state index in [9.17, 15) is 22.8 Å². The van der Waals surface area contributed by atoms with Gasteiger partial charge in [-0.05, 0) is 53.4 Å². The molecule has 12 heteroatoms. The van der Waals surface area contributed by atoms with Gasteiger partial charge in [-0.2, -0.15) is 8.78 Å². The Morgan fingerprint density at radius 1 is 1.00 bits per heavy atom. The minimum atomic E-state index is -2.93. The standard InChI is InChI=1S/C31H27ClF3N5O3/c32-25-2-1-3-26(33)24(25)18-43-23-8-4-19(5-9-23)16-38-12-10-20-14-21(6-7-22(20)17-38)29-36-15-28(40(29)30(34)35)39-13-11-27(41)37-31(39)42/h1-9,14-15,30H,10-13,16-18H2,(H,37,41,42). The lowest BCUT2D eigenvalue weighted by Crippen LogP contribution is -2.50. The van der Waals surface area contributed by atoms with Gasteiger partial charge in [-0.15, -0.1) is 0 Å². The highest BCUT2D eigenvalue weighted by Gasteiger charge is 2.30. The van der Waals surface area contributed by atoms with Crippen LogP contribution >= 0.6 is 11.6 Å². The van der Waals surface area contributed by atoms with Crippen LogP contribution in [0.5, 0.6) is 5.75 Å². The highest BCUT2D eigenvalue weighted by molar-refractivity contribution is 6.31. The Bertz CT molecular complexity index is 1660. The summed E-state index contributed by atoms with van der Waals surface area (Å²) in [7, 11) is 0. The maximum absolute atomic E-state index is 14.2. The van der Waals surface area contributed by atoms with E-state index in [1.165, 1.54) is 12.3 Å². The molecule has 43 heavy (non-hydrogen) atoms. The molecule has 1 saturated heterocycles. The Kier molecular flexibility index (Phi) is 8.09. The van der Waals surface area contributed by atoms with Crippen LogP contribution in [0.2, 0.25) is 5.02 Å². The smallest absolute Gasteiger partial charge is 0.329 e. The Balaban J connectivity index is 1.11. The first kappa shape index (κ1) is 28.8. The number of benzene rings is 3. The van der Waals surface area contributed by atoms with Crippen molar-refractivity contribution in [2.45, 2.75) is 39.1 Å². The molecule has 3 heterocycles. The zero-order valence-corrected chi connectivity index (χ0v) is 23.7. The van der Waals surface area contributed by atoms with Crippen LogP contribution in [0.4, 0.5) is 23.8 Å². The number of halogens is 4. The van der Waals surface area contributed by atoms with Gasteiger partial charge in [-0.3, -0.25) is 24.5 Å². The number of nitrogens with one attached hydrogen (secondary N) is 1. The predicted molar refractivity (Wildman–Crippen MR) is 154 cm³/mol. The molecule has 1 N–H and O–H groups in total. The second kappa shape index (κ2) is 12.1. The quantitative estimate of drug-likeness (QED) is 0.253. The van der Waals surface area contributed by atoms with Crippen molar-refractivity contribution in [1.82, 2.24) is 19.8 Å². The number of hydrogen-bond acceptors (Lipinski definition) is 5. The van der Waals surface area contributed by atoms with E-state index in [1.54, 1.807) is 18.2 Å². The molecule has 6 rings (SSSR count). The van der Waals surface area contributed by atoms with E-state index < -0.39 is 24.3 Å². The van der Waals surface area contributed by atoms with Gasteiger partial charge in [0.25, 0.3) is 0 Å². The lowest BCUT2D eigenvalue weighted by atomic mass is 9.96. The van der Waals surface area contributed by atoms with E-state index in [2.05, 4.69) is 15.2 Å². The van der Waals surface area contributed by atoms with E-state index >= 15 is 0 Å². The minimum absolute atomic E-state index is 0.000829. The van der Waals surface area contributed by atoms with Crippen molar-refractivity contribution in [1.29, 1.82) is 0 Å². The van der Waals surface area contributed by atoms with Crippen LogP contribution < -0.4 is 15.0 Å². The van der Waals surface area contributed by atoms with Crippen molar-refractivity contribution in [2.24, 2.45) is 0 Å². The van der Waals surface area contributed by atoms with Crippen LogP contribution in [-0.4, -0.2) is 39.5 Å². The molecule has 0 bridgehead atoms. The van der Waals surface area contributed by atoms with E-state index in [-0.39, 0.29) is 31.2 Å². The first-order valence-electron chi connectivity index (χ1n) is 13.7. The molecule has 222 valence electrons. The molecule has 2 aliphatic rings. The summed E-state index contributed by atoms with van der Waals surface area (Å²) in [5, 5.41) is 2.48. The summed E-state index contributed by atoms with van der Waals surface area (Å²) in [6.07, 6.45) is 1.99. The number of nitrogens with zero attached hydrogens (tertiary/aromatic N) is 4. The minimum Gasteiger partial charge on any atom is -0.489 e. The predicted octanol–water partition coefficient (Wildman–Crippen LogP) is 6.32. The number of carbonyl (C=O) groups is 2. The highest BCUT2D eigenvalue weighted by atomic mass is 35.5. The first-order valence-corrected chi connectivity index (χ1v) is 14.1. The largest absolute Gasteiger partial charge is 0.489 e. The van der Waals surface area contributed by atoms with Gasteiger partial charge < -0.3 is 4.74 Å². The molecule has 0 aliphatic carbocycles. The average molecular weight is 610 g/mol. The SMILES string of the molecule is O=C1CCN(c2cnc(-c3ccc4c(c3)CCN(Cc3ccc(OCc5c(F)cccc5Cl)cc3)C4)n2C(F)F)C(=O)N1. The number of hydrogen-bond donors (Lipinski definition) is 1. The maximum atomic E-state index is 14.2. The monoisotopic (exact) mass is 609 g/mol. The number of fused-ring (bicyclic) bond motifs is 1. The van der Waals surface area contributed by atoms with E-state index in [0.29, 0.717) is 35.0 Å². The highest BCUT2D eigenvalue weighted by Crippen LogP contribution is 2.33. The Morgan fingerprint density at radius 3 is 2.56 bits per heavy atom. The zero-order valence-electron chi connectivity index (χ0n) is 22.9. The molecule has 1 fully saturated rings. The zero-order chi connectivity index (χ0) is 30.1. The lowest BCUT2D eigenvalue weighted by Gasteiger charge is -2.29. The van der Waals surface area contributed by atoms with Gasteiger partial charge >= 0.3 is 12.6 Å². The number of urea groups is 1. The van der Waals surface area contributed by atoms with Crippen molar-refractivity contribution >= 4 is 29.4 Å². The summed E-state index contributed by atoms with van der Waals surface area (Å²) >= 11 is 6.08. The fourth-order valence-corrected chi connectivity index (χ4v) is 5.62. The molecule has 8 nitrogen and oxygen atoms in total. The molecule has 1 aromatic heterocycles. The van der Waals surface area contributed by atoms with Crippen LogP contribution in [0.15, 0.2) is 66.9 Å². The number of ether oxygens (including phenoxy) is 1. The molecule has 2 aliphatic heterocycles. The fraction of sp³-hybridized carbons (Fsp3) is 0.258. The fourth-order valence-electron chi connectivity index (χ4n) is 5.40. The van der Waals surface area contributed by atoms with Crippen molar-refractivity contribution in [3.63, 3.8) is 0 Å². The number of anilines is 1. The van der Waals surface area contributed by atoms with E-state index in [0.717, 1.165) is 39.1 Å². The van der Waals surface area contributed by atoms with Crippen LogP contribution in [0, 0.1) is 5.82 Å². The van der Waals surface area contributed by atoms with Gasteiger partial charge in [0.1, 0.15) is 29.8 Å². The second-order valence-corrected chi connectivity index (χ2v) is 10.8. The molecule has 0 unspecified atom stereocenters. The van der Waals surface area contributed by atoms with Crippen molar-refractivity contribution in [3.05, 3.63) is 100.0 Å². The Labute approximate surface area is 250 Å². The summed E-state index contributed by atoms with van der Waals surface area (Å²) in [6.45, 7) is -0.726. The van der Waals surface area contributed by atoms with Crippen LogP contribution in [0.3, 0.4) is 0 Å². The summed E-state index contributed by atoms with van der Waals surface area (Å²) < 4.78 is 48.9. The number of imide groups is 1. The third kappa shape index (κ3) is 6.09. The topological polar surface area (TPSA) is 79.7 Å². The number of amides is 3. The van der Waals surface area contributed by atoms with Gasteiger partial charge in [-0.25, -0.2) is 14.2 Å². The second-order valence-electron chi connectivity index (χ2n) is 10.4. The van der Waals surface area contributed by atoms with Crippen LogP contribution in [0.1, 0.15) is 35.2 Å². The van der Waals surface area contributed by atoms with Gasteiger partial charge in [-0.1, -0.05) is 41.9 Å². The number of carbonyl (C=O) groups excluding carboxylic acids is 2. The van der Waals surface area contributed by atoms with Gasteiger partial charge in [0, 0.05) is 43.7 Å². The summed E-state index contributed by atoms with van der Waals surface area (Å²) in [5.41, 5.74) is 4.08. The van der Waals surface area contributed by atoms with E-state index in [1.807, 2.05) is 36.4 Å². The van der Waals surface area contributed by atoms with Crippen molar-refractivity contribution in [2.75, 3.05) is 18.0 Å². The van der Waals surface area contributed by atoms with E-state index in [4.69, 9.17) is 16.3 Å². The number of rotatable bonds is 8. The number of alkyl halides is 2. The summed E-state index contributed by atoms with van der Waals surface area (Å²) in [6, 6.07) is 17.0. The molecule has 3 aromatic carbocycles. The number of aromatic nitrogens is 2. The molecule has 0 saturated carbocycles. The first-order chi connectivity index (χ1) is 20.8. The summed E-state index contributed by atoms with van der Waals surface area (Å²) in [5.74, 6) is -0.247. The van der Waals surface area contributed by atoms with Crippen molar-refractivity contribution < 1.29 is 27.5 Å². The third-order valence-electron chi connectivity index (χ3n) is 7.63. The molecule has 0 spiro atoms. The molecule has 3 amide bonds.